The molecule has 5 nitrogen and oxygen atoms in total. The normalized spacial score (nSPS) is 16.6. The molecule has 1 heterocycles. The van der Waals surface area contributed by atoms with Crippen molar-refractivity contribution in [3.05, 3.63) is 64.7 Å². The van der Waals surface area contributed by atoms with Crippen LogP contribution in [-0.2, 0) is 4.74 Å². The van der Waals surface area contributed by atoms with Gasteiger partial charge in [0.2, 0.25) is 0 Å². The number of amides is 2. The summed E-state index contributed by atoms with van der Waals surface area (Å²) >= 11 is 5.94. The lowest BCUT2D eigenvalue weighted by Gasteiger charge is -2.25. The second-order valence-corrected chi connectivity index (χ2v) is 6.34. The lowest BCUT2D eigenvalue weighted by atomic mass is 10.1. The van der Waals surface area contributed by atoms with E-state index in [1.54, 1.807) is 24.3 Å². The first-order valence-electron chi connectivity index (χ1n) is 8.10. The summed E-state index contributed by atoms with van der Waals surface area (Å²) in [6.07, 6.45) is 1.89. The summed E-state index contributed by atoms with van der Waals surface area (Å²) in [6, 6.07) is 14.1. The monoisotopic (exact) mass is 358 g/mol. The largest absolute Gasteiger partial charge is 0.465 e. The molecule has 1 aliphatic rings. The van der Waals surface area contributed by atoms with Gasteiger partial charge >= 0.3 is 12.0 Å². The van der Waals surface area contributed by atoms with Gasteiger partial charge in [0.15, 0.2) is 0 Å². The van der Waals surface area contributed by atoms with Crippen molar-refractivity contribution in [1.29, 1.82) is 0 Å². The van der Waals surface area contributed by atoms with Gasteiger partial charge in [-0.05, 0) is 54.8 Å². The van der Waals surface area contributed by atoms with Crippen LogP contribution in [0.25, 0.3) is 0 Å². The highest BCUT2D eigenvalue weighted by Gasteiger charge is 2.29. The molecule has 1 saturated heterocycles. The van der Waals surface area contributed by atoms with Crippen LogP contribution >= 0.6 is 11.6 Å². The third-order valence-corrected chi connectivity index (χ3v) is 4.58. The molecule has 2 amide bonds. The Bertz CT molecular complexity index is 759. The molecular formula is C19H19ClN2O3. The summed E-state index contributed by atoms with van der Waals surface area (Å²) in [4.78, 5) is 25.9. The van der Waals surface area contributed by atoms with E-state index in [1.807, 2.05) is 29.2 Å². The van der Waals surface area contributed by atoms with E-state index in [0.717, 1.165) is 18.4 Å². The predicted molar refractivity (Wildman–Crippen MR) is 96.9 cm³/mol. The maximum Gasteiger partial charge on any atom is 0.337 e. The fraction of sp³-hybridized carbons (Fsp3) is 0.263. The Hall–Kier alpha value is -2.53. The highest BCUT2D eigenvalue weighted by molar-refractivity contribution is 6.30. The first-order chi connectivity index (χ1) is 12.1. The van der Waals surface area contributed by atoms with Crippen LogP contribution in [0.5, 0.6) is 0 Å². The topological polar surface area (TPSA) is 58.6 Å². The maximum atomic E-state index is 12.6. The molecule has 2 aromatic carbocycles. The molecule has 1 N–H and O–H groups in total. The van der Waals surface area contributed by atoms with Crippen LogP contribution in [0, 0.1) is 0 Å². The molecule has 2 aromatic rings. The van der Waals surface area contributed by atoms with Crippen molar-refractivity contribution in [2.45, 2.75) is 18.9 Å². The van der Waals surface area contributed by atoms with Crippen molar-refractivity contribution in [2.24, 2.45) is 0 Å². The zero-order chi connectivity index (χ0) is 17.8. The lowest BCUT2D eigenvalue weighted by Crippen LogP contribution is -2.34. The molecule has 0 bridgehead atoms. The average Bonchev–Trinajstić information content (AvgIpc) is 3.12. The molecule has 0 saturated carbocycles. The van der Waals surface area contributed by atoms with Crippen LogP contribution in [-0.4, -0.2) is 30.6 Å². The quantitative estimate of drug-likeness (QED) is 0.822. The predicted octanol–water partition coefficient (Wildman–Crippen LogP) is 4.50. The summed E-state index contributed by atoms with van der Waals surface area (Å²) in [5.74, 6) is -0.403. The summed E-state index contributed by atoms with van der Waals surface area (Å²) in [5.41, 5.74) is 2.17. The minimum atomic E-state index is -0.403. The number of urea groups is 1. The van der Waals surface area contributed by atoms with Crippen molar-refractivity contribution in [3.63, 3.8) is 0 Å². The zero-order valence-electron chi connectivity index (χ0n) is 13.9. The molecule has 0 spiro atoms. The Labute approximate surface area is 151 Å². The minimum absolute atomic E-state index is 0.0478. The van der Waals surface area contributed by atoms with Crippen LogP contribution in [0.4, 0.5) is 10.5 Å². The zero-order valence-corrected chi connectivity index (χ0v) is 14.6. The Balaban J connectivity index is 1.69. The van der Waals surface area contributed by atoms with E-state index < -0.39 is 5.97 Å². The third-order valence-electron chi connectivity index (χ3n) is 4.33. The second-order valence-electron chi connectivity index (χ2n) is 5.90. The number of methoxy groups -OCH3 is 1. The summed E-state index contributed by atoms with van der Waals surface area (Å²) in [7, 11) is 1.34. The van der Waals surface area contributed by atoms with Crippen molar-refractivity contribution >= 4 is 29.3 Å². The van der Waals surface area contributed by atoms with Crippen LogP contribution in [0.2, 0.25) is 5.02 Å². The molecule has 1 aliphatic heterocycles. The van der Waals surface area contributed by atoms with Gasteiger partial charge in [0.05, 0.1) is 18.7 Å². The van der Waals surface area contributed by atoms with E-state index in [4.69, 9.17) is 11.6 Å². The molecule has 0 unspecified atom stereocenters. The van der Waals surface area contributed by atoms with Gasteiger partial charge in [-0.15, -0.1) is 0 Å². The first-order valence-corrected chi connectivity index (χ1v) is 8.48. The number of ether oxygens (including phenoxy) is 1. The highest BCUT2D eigenvalue weighted by Crippen LogP contribution is 2.33. The minimum Gasteiger partial charge on any atom is -0.465 e. The third kappa shape index (κ3) is 3.94. The Morgan fingerprint density at radius 2 is 1.80 bits per heavy atom. The van der Waals surface area contributed by atoms with E-state index in [9.17, 15) is 9.59 Å². The molecule has 130 valence electrons. The highest BCUT2D eigenvalue weighted by atomic mass is 35.5. The summed E-state index contributed by atoms with van der Waals surface area (Å²) < 4.78 is 4.67. The number of esters is 1. The van der Waals surface area contributed by atoms with E-state index in [1.165, 1.54) is 7.11 Å². The molecule has 0 aliphatic carbocycles. The second kappa shape index (κ2) is 7.57. The molecule has 25 heavy (non-hydrogen) atoms. The Morgan fingerprint density at radius 3 is 2.44 bits per heavy atom. The molecule has 3 rings (SSSR count). The molecule has 1 atom stereocenters. The molecule has 1 fully saturated rings. The van der Waals surface area contributed by atoms with Gasteiger partial charge in [0.25, 0.3) is 0 Å². The summed E-state index contributed by atoms with van der Waals surface area (Å²) in [5, 5.41) is 3.57. The van der Waals surface area contributed by atoms with Gasteiger partial charge in [0.1, 0.15) is 0 Å². The van der Waals surface area contributed by atoms with Gasteiger partial charge in [-0.2, -0.15) is 0 Å². The smallest absolute Gasteiger partial charge is 0.337 e. The number of likely N-dealkylation sites (tertiary alicyclic amines) is 1. The van der Waals surface area contributed by atoms with Crippen LogP contribution in [0.3, 0.4) is 0 Å². The van der Waals surface area contributed by atoms with E-state index in [-0.39, 0.29) is 12.1 Å². The lowest BCUT2D eigenvalue weighted by molar-refractivity contribution is 0.0601. The molecule has 0 radical (unpaired) electrons. The Morgan fingerprint density at radius 1 is 1.12 bits per heavy atom. The Kier molecular flexibility index (Phi) is 5.24. The first kappa shape index (κ1) is 17.3. The summed E-state index contributed by atoms with van der Waals surface area (Å²) in [6.45, 7) is 0.708. The van der Waals surface area contributed by atoms with Gasteiger partial charge in [-0.3, -0.25) is 0 Å². The van der Waals surface area contributed by atoms with Gasteiger partial charge in [-0.1, -0.05) is 23.7 Å². The number of hydrogen-bond donors (Lipinski definition) is 1. The van der Waals surface area contributed by atoms with Crippen molar-refractivity contribution in [1.82, 2.24) is 4.90 Å². The van der Waals surface area contributed by atoms with Crippen molar-refractivity contribution in [2.75, 3.05) is 19.0 Å². The van der Waals surface area contributed by atoms with Crippen molar-refractivity contribution in [3.8, 4) is 0 Å². The fourth-order valence-corrected chi connectivity index (χ4v) is 3.17. The number of nitrogens with zero attached hydrogens (tertiary/aromatic N) is 1. The van der Waals surface area contributed by atoms with E-state index in [0.29, 0.717) is 22.8 Å². The number of benzene rings is 2. The van der Waals surface area contributed by atoms with Crippen LogP contribution in [0.1, 0.15) is 34.8 Å². The number of halogens is 1. The number of carbonyl (C=O) groups excluding carboxylic acids is 2. The van der Waals surface area contributed by atoms with Gasteiger partial charge in [0, 0.05) is 17.3 Å². The SMILES string of the molecule is COC(=O)c1ccc(NC(=O)N2CCC[C@H]2c2ccc(Cl)cc2)cc1. The van der Waals surface area contributed by atoms with Crippen molar-refractivity contribution < 1.29 is 14.3 Å². The molecule has 0 aromatic heterocycles. The van der Waals surface area contributed by atoms with Gasteiger partial charge in [-0.25, -0.2) is 9.59 Å². The molecule has 6 heteroatoms. The number of anilines is 1. The number of rotatable bonds is 3. The van der Waals surface area contributed by atoms with Gasteiger partial charge < -0.3 is 15.0 Å². The van der Waals surface area contributed by atoms with Crippen LogP contribution in [0.15, 0.2) is 48.5 Å². The van der Waals surface area contributed by atoms with E-state index in [2.05, 4.69) is 10.1 Å². The molecular weight excluding hydrogens is 340 g/mol. The van der Waals surface area contributed by atoms with E-state index >= 15 is 0 Å². The standard InChI is InChI=1S/C19H19ClN2O3/c1-25-18(23)14-6-10-16(11-7-14)21-19(24)22-12-2-3-17(22)13-4-8-15(20)9-5-13/h4-11,17H,2-3,12H2,1H3,(H,21,24)/t17-/m0/s1. The average molecular weight is 359 g/mol. The maximum absolute atomic E-state index is 12.6. The fourth-order valence-electron chi connectivity index (χ4n) is 3.04. The number of nitrogens with one attached hydrogen (secondary N) is 1. The number of hydrogen-bond acceptors (Lipinski definition) is 3. The number of carbonyl (C=O) groups is 2. The van der Waals surface area contributed by atoms with Crippen LogP contribution < -0.4 is 5.32 Å².